The summed E-state index contributed by atoms with van der Waals surface area (Å²) in [6.45, 7) is 7.19. The quantitative estimate of drug-likeness (QED) is 0.542. The second-order valence-electron chi connectivity index (χ2n) is 7.54. The average Bonchev–Trinajstić information content (AvgIpc) is 2.73. The molecule has 1 aliphatic heterocycles. The molecule has 4 heteroatoms. The number of nitrogens with zero attached hydrogens (tertiary/aromatic N) is 1. The molecule has 2 aromatic carbocycles. The van der Waals surface area contributed by atoms with Crippen LogP contribution in [0.1, 0.15) is 75.0 Å². The van der Waals surface area contributed by atoms with Gasteiger partial charge in [-0.2, -0.15) is 0 Å². The number of para-hydroxylation sites is 1. The number of amides is 1. The smallest absolute Gasteiger partial charge is 0.258 e. The lowest BCUT2D eigenvalue weighted by Crippen LogP contribution is -2.47. The van der Waals surface area contributed by atoms with Gasteiger partial charge in [0.05, 0.1) is 12.2 Å². The molecule has 2 aromatic rings. The summed E-state index contributed by atoms with van der Waals surface area (Å²) in [5, 5.41) is 3.56. The second kappa shape index (κ2) is 9.63. The maximum Gasteiger partial charge on any atom is 0.258 e. The van der Waals surface area contributed by atoms with Crippen LogP contribution in [0.3, 0.4) is 0 Å². The van der Waals surface area contributed by atoms with E-state index in [2.05, 4.69) is 38.2 Å². The molecule has 4 nitrogen and oxygen atoms in total. The Hall–Kier alpha value is -2.49. The van der Waals surface area contributed by atoms with Crippen molar-refractivity contribution in [3.8, 4) is 5.75 Å². The first-order valence-corrected chi connectivity index (χ1v) is 10.6. The molecule has 1 aliphatic rings. The first-order chi connectivity index (χ1) is 13.7. The SMILES string of the molecule is CCCCCCOc1ccc(C2Nc3ccccc3C(=O)N2C(C)CC)cc1. The van der Waals surface area contributed by atoms with Crippen LogP contribution < -0.4 is 10.1 Å². The average molecular weight is 381 g/mol. The first kappa shape index (κ1) is 20.2. The van der Waals surface area contributed by atoms with Crippen LogP contribution in [-0.4, -0.2) is 23.5 Å². The number of carbonyl (C=O) groups excluding carboxylic acids is 1. The number of anilines is 1. The van der Waals surface area contributed by atoms with Gasteiger partial charge in [-0.25, -0.2) is 0 Å². The Morgan fingerprint density at radius 2 is 1.79 bits per heavy atom. The van der Waals surface area contributed by atoms with Crippen molar-refractivity contribution in [1.82, 2.24) is 4.90 Å². The Bertz CT molecular complexity index is 772. The van der Waals surface area contributed by atoms with Crippen LogP contribution in [0.25, 0.3) is 0 Å². The van der Waals surface area contributed by atoms with Crippen molar-refractivity contribution in [2.45, 2.75) is 65.1 Å². The summed E-state index contributed by atoms with van der Waals surface area (Å²) in [4.78, 5) is 15.1. The molecular formula is C24H32N2O2. The molecule has 2 atom stereocenters. The number of hydrogen-bond donors (Lipinski definition) is 1. The molecule has 3 rings (SSSR count). The predicted octanol–water partition coefficient (Wildman–Crippen LogP) is 6.01. The predicted molar refractivity (Wildman–Crippen MR) is 115 cm³/mol. The number of ether oxygens (including phenoxy) is 1. The Labute approximate surface area is 168 Å². The number of hydrogen-bond acceptors (Lipinski definition) is 3. The van der Waals surface area contributed by atoms with Crippen molar-refractivity contribution in [3.05, 3.63) is 59.7 Å². The molecule has 0 spiro atoms. The Morgan fingerprint density at radius 3 is 2.50 bits per heavy atom. The summed E-state index contributed by atoms with van der Waals surface area (Å²) in [5.74, 6) is 0.975. The minimum atomic E-state index is -0.170. The summed E-state index contributed by atoms with van der Waals surface area (Å²) >= 11 is 0. The van der Waals surface area contributed by atoms with Gasteiger partial charge in [-0.3, -0.25) is 4.79 Å². The Morgan fingerprint density at radius 1 is 1.04 bits per heavy atom. The highest BCUT2D eigenvalue weighted by Gasteiger charge is 2.35. The number of carbonyl (C=O) groups is 1. The number of benzene rings is 2. The maximum absolute atomic E-state index is 13.2. The Balaban J connectivity index is 1.76. The highest BCUT2D eigenvalue weighted by Crippen LogP contribution is 2.35. The number of nitrogens with one attached hydrogen (secondary N) is 1. The van der Waals surface area contributed by atoms with E-state index in [4.69, 9.17) is 4.74 Å². The molecule has 0 bridgehead atoms. The highest BCUT2D eigenvalue weighted by atomic mass is 16.5. The minimum Gasteiger partial charge on any atom is -0.494 e. The van der Waals surface area contributed by atoms with Crippen molar-refractivity contribution < 1.29 is 9.53 Å². The zero-order valence-electron chi connectivity index (χ0n) is 17.3. The molecule has 1 amide bonds. The van der Waals surface area contributed by atoms with Crippen molar-refractivity contribution in [2.75, 3.05) is 11.9 Å². The molecule has 28 heavy (non-hydrogen) atoms. The van der Waals surface area contributed by atoms with Gasteiger partial charge in [0.25, 0.3) is 5.91 Å². The molecule has 0 saturated carbocycles. The fourth-order valence-electron chi connectivity index (χ4n) is 3.63. The lowest BCUT2D eigenvalue weighted by Gasteiger charge is -2.41. The summed E-state index contributed by atoms with van der Waals surface area (Å²) in [7, 11) is 0. The van der Waals surface area contributed by atoms with E-state index in [1.165, 1.54) is 19.3 Å². The summed E-state index contributed by atoms with van der Waals surface area (Å²) in [6.07, 6.45) is 5.54. The largest absolute Gasteiger partial charge is 0.494 e. The van der Waals surface area contributed by atoms with Gasteiger partial charge in [-0.05, 0) is 49.6 Å². The van der Waals surface area contributed by atoms with Gasteiger partial charge in [0.15, 0.2) is 0 Å². The molecule has 0 aliphatic carbocycles. The van der Waals surface area contributed by atoms with E-state index in [1.54, 1.807) is 0 Å². The van der Waals surface area contributed by atoms with Crippen LogP contribution in [0.4, 0.5) is 5.69 Å². The molecule has 0 saturated heterocycles. The molecule has 0 radical (unpaired) electrons. The zero-order chi connectivity index (χ0) is 19.9. The van der Waals surface area contributed by atoms with E-state index in [0.29, 0.717) is 0 Å². The van der Waals surface area contributed by atoms with Gasteiger partial charge in [-0.15, -0.1) is 0 Å². The van der Waals surface area contributed by atoms with Gasteiger partial charge in [0.2, 0.25) is 0 Å². The van der Waals surface area contributed by atoms with E-state index in [0.717, 1.165) is 42.0 Å². The van der Waals surface area contributed by atoms with Crippen LogP contribution in [0.15, 0.2) is 48.5 Å². The van der Waals surface area contributed by atoms with Gasteiger partial charge in [0, 0.05) is 11.7 Å². The molecule has 1 heterocycles. The first-order valence-electron chi connectivity index (χ1n) is 10.6. The van der Waals surface area contributed by atoms with Crippen LogP contribution in [0.2, 0.25) is 0 Å². The minimum absolute atomic E-state index is 0.0879. The van der Waals surface area contributed by atoms with Crippen LogP contribution in [0.5, 0.6) is 5.75 Å². The lowest BCUT2D eigenvalue weighted by atomic mass is 10.0. The molecule has 2 unspecified atom stereocenters. The van der Waals surface area contributed by atoms with Crippen molar-refractivity contribution in [1.29, 1.82) is 0 Å². The van der Waals surface area contributed by atoms with Crippen LogP contribution in [0, 0.1) is 0 Å². The maximum atomic E-state index is 13.2. The van der Waals surface area contributed by atoms with Crippen molar-refractivity contribution in [2.24, 2.45) is 0 Å². The zero-order valence-corrected chi connectivity index (χ0v) is 17.3. The fourth-order valence-corrected chi connectivity index (χ4v) is 3.63. The third-order valence-corrected chi connectivity index (χ3v) is 5.49. The van der Waals surface area contributed by atoms with E-state index in [9.17, 15) is 4.79 Å². The van der Waals surface area contributed by atoms with Gasteiger partial charge >= 0.3 is 0 Å². The molecule has 0 aromatic heterocycles. The Kier molecular flexibility index (Phi) is 6.96. The van der Waals surface area contributed by atoms with E-state index >= 15 is 0 Å². The normalized spacial score (nSPS) is 17.0. The molecular weight excluding hydrogens is 348 g/mol. The number of fused-ring (bicyclic) bond motifs is 1. The molecule has 150 valence electrons. The van der Waals surface area contributed by atoms with Gasteiger partial charge in [-0.1, -0.05) is 57.4 Å². The monoisotopic (exact) mass is 380 g/mol. The van der Waals surface area contributed by atoms with E-state index in [-0.39, 0.29) is 18.1 Å². The lowest BCUT2D eigenvalue weighted by molar-refractivity contribution is 0.0593. The summed E-state index contributed by atoms with van der Waals surface area (Å²) < 4.78 is 5.87. The van der Waals surface area contributed by atoms with Crippen LogP contribution in [-0.2, 0) is 0 Å². The summed E-state index contributed by atoms with van der Waals surface area (Å²) in [5.41, 5.74) is 2.71. The van der Waals surface area contributed by atoms with E-state index < -0.39 is 0 Å². The van der Waals surface area contributed by atoms with E-state index in [1.807, 2.05) is 41.3 Å². The molecule has 1 N–H and O–H groups in total. The van der Waals surface area contributed by atoms with Gasteiger partial charge < -0.3 is 15.0 Å². The van der Waals surface area contributed by atoms with Gasteiger partial charge in [0.1, 0.15) is 11.9 Å². The molecule has 0 fully saturated rings. The standard InChI is InChI=1S/C24H32N2O2/c1-4-6-7-10-17-28-20-15-13-19(14-16-20)23-25-22-12-9-8-11-21(22)24(27)26(23)18(3)5-2/h8-9,11-16,18,23,25H,4-7,10,17H2,1-3H3. The summed E-state index contributed by atoms with van der Waals surface area (Å²) in [6, 6.07) is 16.0. The van der Waals surface area contributed by atoms with Crippen LogP contribution >= 0.6 is 0 Å². The number of unbranched alkanes of at least 4 members (excludes halogenated alkanes) is 3. The third kappa shape index (κ3) is 4.49. The highest BCUT2D eigenvalue weighted by molar-refractivity contribution is 6.01. The number of rotatable bonds is 9. The second-order valence-corrected chi connectivity index (χ2v) is 7.54. The van der Waals surface area contributed by atoms with Crippen molar-refractivity contribution >= 4 is 11.6 Å². The van der Waals surface area contributed by atoms with Crippen molar-refractivity contribution in [3.63, 3.8) is 0 Å². The third-order valence-electron chi connectivity index (χ3n) is 5.49. The topological polar surface area (TPSA) is 41.6 Å². The fraction of sp³-hybridized carbons (Fsp3) is 0.458.